The number of rotatable bonds is 6. The van der Waals surface area contributed by atoms with Crippen LogP contribution < -0.4 is 14.8 Å². The van der Waals surface area contributed by atoms with Crippen molar-refractivity contribution in [1.29, 1.82) is 0 Å². The molecule has 0 bridgehead atoms. The Bertz CT molecular complexity index is 1140. The van der Waals surface area contributed by atoms with E-state index in [2.05, 4.69) is 10.3 Å². The monoisotopic (exact) mass is 418 g/mol. The second kappa shape index (κ2) is 9.04. The van der Waals surface area contributed by atoms with Gasteiger partial charge in [0.1, 0.15) is 23.0 Å². The number of nitrogens with zero attached hydrogens (tertiary/aromatic N) is 1. The summed E-state index contributed by atoms with van der Waals surface area (Å²) in [5.41, 5.74) is 0.324. The van der Waals surface area contributed by atoms with E-state index in [4.69, 9.17) is 9.47 Å². The Morgan fingerprint density at radius 1 is 0.742 bits per heavy atom. The van der Waals surface area contributed by atoms with Crippen molar-refractivity contribution in [2.24, 2.45) is 0 Å². The molecule has 0 fully saturated rings. The molecule has 3 aromatic carbocycles. The number of hydrogen-bond donors (Lipinski definition) is 1. The summed E-state index contributed by atoms with van der Waals surface area (Å²) in [6.45, 7) is 0. The van der Waals surface area contributed by atoms with Crippen molar-refractivity contribution in [2.45, 2.75) is 0 Å². The molecule has 0 spiro atoms. The zero-order valence-electron chi connectivity index (χ0n) is 16.1. The van der Waals surface area contributed by atoms with Crippen LogP contribution in [-0.4, -0.2) is 10.9 Å². The highest BCUT2D eigenvalue weighted by molar-refractivity contribution is 6.04. The number of carbonyl (C=O) groups is 1. The fourth-order valence-corrected chi connectivity index (χ4v) is 2.77. The van der Waals surface area contributed by atoms with Crippen molar-refractivity contribution in [3.8, 4) is 23.0 Å². The van der Waals surface area contributed by atoms with Crippen molar-refractivity contribution < 1.29 is 23.0 Å². The highest BCUT2D eigenvalue weighted by Gasteiger charge is 2.12. The first kappa shape index (κ1) is 20.0. The zero-order valence-corrected chi connectivity index (χ0v) is 16.1. The summed E-state index contributed by atoms with van der Waals surface area (Å²) < 4.78 is 38.3. The number of amides is 1. The number of aromatic nitrogens is 1. The van der Waals surface area contributed by atoms with Gasteiger partial charge in [0.2, 0.25) is 0 Å². The van der Waals surface area contributed by atoms with Gasteiger partial charge in [-0.3, -0.25) is 9.78 Å². The van der Waals surface area contributed by atoms with E-state index in [9.17, 15) is 13.6 Å². The molecule has 1 heterocycles. The Balaban J connectivity index is 1.63. The van der Waals surface area contributed by atoms with Crippen molar-refractivity contribution in [3.63, 3.8) is 0 Å². The molecule has 4 aromatic rings. The van der Waals surface area contributed by atoms with Crippen molar-refractivity contribution in [1.82, 2.24) is 4.98 Å². The van der Waals surface area contributed by atoms with Crippen LogP contribution in [0.15, 0.2) is 91.3 Å². The Kier molecular flexibility index (Phi) is 5.84. The number of benzene rings is 3. The van der Waals surface area contributed by atoms with Crippen LogP contribution in [0, 0.1) is 11.6 Å². The van der Waals surface area contributed by atoms with Gasteiger partial charge < -0.3 is 14.8 Å². The van der Waals surface area contributed by atoms with Crippen LogP contribution in [0.25, 0.3) is 0 Å². The lowest BCUT2D eigenvalue weighted by Gasteiger charge is -2.13. The van der Waals surface area contributed by atoms with Gasteiger partial charge in [0.05, 0.1) is 6.20 Å². The summed E-state index contributed by atoms with van der Waals surface area (Å²) in [5, 5.41) is 2.65. The summed E-state index contributed by atoms with van der Waals surface area (Å²) in [6.07, 6.45) is 3.17. The molecule has 0 radical (unpaired) electrons. The molecule has 5 nitrogen and oxygen atoms in total. The van der Waals surface area contributed by atoms with E-state index >= 15 is 0 Å². The van der Waals surface area contributed by atoms with E-state index in [1.807, 2.05) is 18.2 Å². The molecule has 0 unspecified atom stereocenters. The average molecular weight is 418 g/mol. The first-order chi connectivity index (χ1) is 15.1. The second-order valence-corrected chi connectivity index (χ2v) is 6.48. The maximum absolute atomic E-state index is 13.5. The van der Waals surface area contributed by atoms with Crippen LogP contribution in [0.3, 0.4) is 0 Å². The van der Waals surface area contributed by atoms with Gasteiger partial charge in [-0.05, 0) is 42.5 Å². The van der Waals surface area contributed by atoms with Crippen molar-refractivity contribution >= 4 is 11.6 Å². The van der Waals surface area contributed by atoms with Gasteiger partial charge in [0, 0.05) is 35.6 Å². The maximum Gasteiger partial charge on any atom is 0.255 e. The fourth-order valence-electron chi connectivity index (χ4n) is 2.77. The second-order valence-electron chi connectivity index (χ2n) is 6.48. The molecule has 7 heteroatoms. The van der Waals surface area contributed by atoms with Gasteiger partial charge in [0.15, 0.2) is 11.6 Å². The molecular weight excluding hydrogens is 402 g/mol. The van der Waals surface area contributed by atoms with Crippen LogP contribution in [0.5, 0.6) is 23.0 Å². The van der Waals surface area contributed by atoms with Gasteiger partial charge in [0.25, 0.3) is 5.91 Å². The van der Waals surface area contributed by atoms with E-state index in [1.54, 1.807) is 54.9 Å². The minimum atomic E-state index is -1.10. The molecular formula is C24H16F2N2O3. The van der Waals surface area contributed by atoms with E-state index in [-0.39, 0.29) is 5.56 Å². The summed E-state index contributed by atoms with van der Waals surface area (Å²) >= 11 is 0. The molecule has 0 saturated carbocycles. The highest BCUT2D eigenvalue weighted by atomic mass is 19.2. The summed E-state index contributed by atoms with van der Waals surface area (Å²) in [5.74, 6) is -0.842. The molecule has 1 amide bonds. The van der Waals surface area contributed by atoms with E-state index in [0.29, 0.717) is 28.7 Å². The smallest absolute Gasteiger partial charge is 0.255 e. The van der Waals surface area contributed by atoms with Gasteiger partial charge in [-0.25, -0.2) is 8.78 Å². The highest BCUT2D eigenvalue weighted by Crippen LogP contribution is 2.32. The third-order valence-electron chi connectivity index (χ3n) is 4.17. The largest absolute Gasteiger partial charge is 0.457 e. The van der Waals surface area contributed by atoms with Crippen LogP contribution in [-0.2, 0) is 0 Å². The molecule has 0 aliphatic carbocycles. The number of para-hydroxylation sites is 1. The number of halogens is 2. The van der Waals surface area contributed by atoms with Gasteiger partial charge in [-0.1, -0.05) is 18.2 Å². The first-order valence-electron chi connectivity index (χ1n) is 9.29. The van der Waals surface area contributed by atoms with E-state index in [0.717, 1.165) is 12.1 Å². The lowest BCUT2D eigenvalue weighted by molar-refractivity contribution is 0.102. The quantitative estimate of drug-likeness (QED) is 0.405. The minimum absolute atomic E-state index is 0.0250. The molecule has 0 aliphatic rings. The molecule has 0 aliphatic heterocycles. The molecule has 154 valence electrons. The van der Waals surface area contributed by atoms with E-state index < -0.39 is 17.5 Å². The Labute approximate surface area is 176 Å². The number of ether oxygens (including phenoxy) is 2. The van der Waals surface area contributed by atoms with Crippen LogP contribution in [0.4, 0.5) is 14.5 Å². The topological polar surface area (TPSA) is 60.5 Å². The van der Waals surface area contributed by atoms with Crippen molar-refractivity contribution in [3.05, 3.63) is 108 Å². The normalized spacial score (nSPS) is 10.4. The number of nitrogens with one attached hydrogen (secondary N) is 1. The summed E-state index contributed by atoms with van der Waals surface area (Å²) in [7, 11) is 0. The molecule has 0 atom stereocenters. The fraction of sp³-hybridized carbons (Fsp3) is 0. The Morgan fingerprint density at radius 3 is 2.13 bits per heavy atom. The maximum atomic E-state index is 13.5. The number of anilines is 1. The van der Waals surface area contributed by atoms with Gasteiger partial charge >= 0.3 is 0 Å². The average Bonchev–Trinajstić information content (AvgIpc) is 2.77. The minimum Gasteiger partial charge on any atom is -0.457 e. The predicted molar refractivity (Wildman–Crippen MR) is 112 cm³/mol. The summed E-state index contributed by atoms with van der Waals surface area (Å²) in [4.78, 5) is 16.5. The molecule has 1 N–H and O–H groups in total. The molecule has 1 aromatic heterocycles. The lowest BCUT2D eigenvalue weighted by atomic mass is 10.2. The van der Waals surface area contributed by atoms with E-state index in [1.165, 1.54) is 6.07 Å². The number of hydrogen-bond acceptors (Lipinski definition) is 4. The first-order valence-corrected chi connectivity index (χ1v) is 9.29. The molecule has 4 rings (SSSR count). The van der Waals surface area contributed by atoms with Crippen LogP contribution in [0.1, 0.15) is 10.4 Å². The van der Waals surface area contributed by atoms with Crippen molar-refractivity contribution in [2.75, 3.05) is 5.32 Å². The Hall–Kier alpha value is -4.26. The number of pyridine rings is 1. The molecule has 0 saturated heterocycles. The van der Waals surface area contributed by atoms with Gasteiger partial charge in [-0.2, -0.15) is 0 Å². The lowest BCUT2D eigenvalue weighted by Crippen LogP contribution is -2.12. The van der Waals surface area contributed by atoms with Gasteiger partial charge in [-0.15, -0.1) is 0 Å². The zero-order chi connectivity index (χ0) is 21.6. The third kappa shape index (κ3) is 5.22. The Morgan fingerprint density at radius 2 is 1.45 bits per heavy atom. The van der Waals surface area contributed by atoms with Crippen LogP contribution in [0.2, 0.25) is 0 Å². The third-order valence-corrected chi connectivity index (χ3v) is 4.17. The van der Waals surface area contributed by atoms with Crippen LogP contribution >= 0.6 is 0 Å². The predicted octanol–water partition coefficient (Wildman–Crippen LogP) is 6.20. The molecule has 31 heavy (non-hydrogen) atoms. The SMILES string of the molecule is O=C(Nc1cc(Oc2ccccc2)cc(Oc2cccnc2)c1)c1ccc(F)c(F)c1. The number of carbonyl (C=O) groups excluding carboxylic acids is 1. The summed E-state index contributed by atoms with van der Waals surface area (Å²) in [6, 6.07) is 20.3. The standard InChI is InChI=1S/C24H16F2N2O3/c25-22-9-8-16(11-23(22)26)24(29)28-17-12-20(30-18-5-2-1-3-6-18)14-21(13-17)31-19-7-4-10-27-15-19/h1-15H,(H,28,29).